The van der Waals surface area contributed by atoms with E-state index in [0.717, 1.165) is 54.4 Å². The van der Waals surface area contributed by atoms with Crippen LogP contribution in [-0.4, -0.2) is 19.9 Å². The Morgan fingerprint density at radius 3 is 1.91 bits per heavy atom. The van der Waals surface area contributed by atoms with Crippen molar-refractivity contribution in [2.45, 2.75) is 0 Å². The van der Waals surface area contributed by atoms with E-state index in [0.29, 0.717) is 23.4 Å². The van der Waals surface area contributed by atoms with Gasteiger partial charge in [-0.05, 0) is 53.6 Å². The average molecular weight is 715 g/mol. The first-order valence-electron chi connectivity index (χ1n) is 17.4. The summed E-state index contributed by atoms with van der Waals surface area (Å²) in [5, 5.41) is 4.81. The van der Waals surface area contributed by atoms with Gasteiger partial charge in [-0.15, -0.1) is 22.7 Å². The minimum atomic E-state index is 0.603. The topological polar surface area (TPSA) is 64.7 Å². The van der Waals surface area contributed by atoms with Crippen molar-refractivity contribution in [1.82, 2.24) is 19.9 Å². The molecule has 0 radical (unpaired) electrons. The monoisotopic (exact) mass is 714 g/mol. The fraction of sp³-hybridized carbons (Fsp3) is 0. The van der Waals surface area contributed by atoms with E-state index in [1.807, 2.05) is 65.9 Å². The molecule has 0 aliphatic carbocycles. The smallest absolute Gasteiger partial charge is 0.227 e. The van der Waals surface area contributed by atoms with E-state index in [2.05, 4.69) is 103 Å². The van der Waals surface area contributed by atoms with Gasteiger partial charge in [-0.3, -0.25) is 0 Å². The van der Waals surface area contributed by atoms with Crippen molar-refractivity contribution in [1.29, 1.82) is 0 Å². The summed E-state index contributed by atoms with van der Waals surface area (Å²) in [6, 6.07) is 54.6. The van der Waals surface area contributed by atoms with E-state index in [1.165, 1.54) is 30.4 Å². The number of hydrogen-bond donors (Lipinski definition) is 0. The first-order valence-corrected chi connectivity index (χ1v) is 19.0. The molecule has 0 amide bonds. The first kappa shape index (κ1) is 30.1. The van der Waals surface area contributed by atoms with Crippen LogP contribution in [0.4, 0.5) is 0 Å². The molecule has 0 fully saturated rings. The number of para-hydroxylation sites is 2. The van der Waals surface area contributed by atoms with Crippen molar-refractivity contribution in [2.75, 3.05) is 0 Å². The zero-order chi connectivity index (χ0) is 34.9. The molecule has 0 spiro atoms. The first-order chi connectivity index (χ1) is 26.2. The maximum Gasteiger partial charge on any atom is 0.227 e. The molecule has 11 rings (SSSR count). The number of aromatic nitrogens is 4. The molecule has 0 bridgehead atoms. The highest BCUT2D eigenvalue weighted by molar-refractivity contribution is 7.26. The van der Waals surface area contributed by atoms with Crippen molar-refractivity contribution in [3.8, 4) is 56.7 Å². The van der Waals surface area contributed by atoms with Gasteiger partial charge in [0.1, 0.15) is 5.52 Å². The van der Waals surface area contributed by atoms with Crippen molar-refractivity contribution in [3.05, 3.63) is 158 Å². The van der Waals surface area contributed by atoms with E-state index in [9.17, 15) is 0 Å². The normalized spacial score (nSPS) is 11.8. The summed E-state index contributed by atoms with van der Waals surface area (Å²) >= 11 is 3.61. The van der Waals surface area contributed by atoms with E-state index in [-0.39, 0.29) is 0 Å². The second kappa shape index (κ2) is 12.0. The molecule has 7 aromatic carbocycles. The van der Waals surface area contributed by atoms with Crippen molar-refractivity contribution in [2.24, 2.45) is 0 Å². The van der Waals surface area contributed by atoms with Crippen LogP contribution in [0.3, 0.4) is 0 Å². The Morgan fingerprint density at radius 2 is 1.04 bits per heavy atom. The SMILES string of the molecule is c1ccc(-c2nc(-c3ccc(-c4cccc5c4sc4ccccc45)cc3)nc(-c3cccc4sc5ccc(-c6nc7ccccc7o6)cc5c34)n2)cc1. The highest BCUT2D eigenvalue weighted by Crippen LogP contribution is 2.43. The van der Waals surface area contributed by atoms with Crippen molar-refractivity contribution in [3.63, 3.8) is 0 Å². The molecule has 0 saturated heterocycles. The third-order valence-corrected chi connectivity index (χ3v) is 12.2. The van der Waals surface area contributed by atoms with Crippen molar-refractivity contribution < 1.29 is 4.42 Å². The minimum absolute atomic E-state index is 0.603. The van der Waals surface area contributed by atoms with Crippen LogP contribution in [0.1, 0.15) is 0 Å². The van der Waals surface area contributed by atoms with Gasteiger partial charge in [-0.25, -0.2) is 19.9 Å². The van der Waals surface area contributed by atoms with Gasteiger partial charge in [-0.1, -0.05) is 115 Å². The van der Waals surface area contributed by atoms with E-state index in [4.69, 9.17) is 24.4 Å². The highest BCUT2D eigenvalue weighted by Gasteiger charge is 2.19. The maximum absolute atomic E-state index is 6.17. The number of fused-ring (bicyclic) bond motifs is 7. The van der Waals surface area contributed by atoms with Crippen LogP contribution < -0.4 is 0 Å². The molecule has 248 valence electrons. The van der Waals surface area contributed by atoms with Gasteiger partial charge < -0.3 is 4.42 Å². The van der Waals surface area contributed by atoms with Gasteiger partial charge in [0.25, 0.3) is 0 Å². The second-order valence-electron chi connectivity index (χ2n) is 13.0. The summed E-state index contributed by atoms with van der Waals surface area (Å²) in [6.45, 7) is 0. The Kier molecular flexibility index (Phi) is 6.83. The Bertz CT molecular complexity index is 3150. The molecule has 0 aliphatic rings. The predicted molar refractivity (Wildman–Crippen MR) is 220 cm³/mol. The zero-order valence-electron chi connectivity index (χ0n) is 28.0. The molecular formula is C46H26N4OS2. The van der Waals surface area contributed by atoms with Gasteiger partial charge in [0.2, 0.25) is 5.89 Å². The second-order valence-corrected chi connectivity index (χ2v) is 15.1. The van der Waals surface area contributed by atoms with Crippen molar-refractivity contribution >= 4 is 74.1 Å². The number of oxazole rings is 1. The number of hydrogen-bond acceptors (Lipinski definition) is 7. The van der Waals surface area contributed by atoms with E-state index < -0.39 is 0 Å². The van der Waals surface area contributed by atoms with Gasteiger partial charge in [0, 0.05) is 62.6 Å². The maximum atomic E-state index is 6.17. The van der Waals surface area contributed by atoms with Gasteiger partial charge in [0.05, 0.1) is 0 Å². The lowest BCUT2D eigenvalue weighted by Crippen LogP contribution is -2.00. The Morgan fingerprint density at radius 1 is 0.396 bits per heavy atom. The summed E-state index contributed by atoms with van der Waals surface area (Å²) in [5.41, 5.74) is 7.75. The highest BCUT2D eigenvalue weighted by atomic mass is 32.1. The lowest BCUT2D eigenvalue weighted by molar-refractivity contribution is 0.620. The number of thiophene rings is 2. The summed E-state index contributed by atoms with van der Waals surface area (Å²) in [4.78, 5) is 20.1. The Hall–Kier alpha value is -6.54. The fourth-order valence-electron chi connectivity index (χ4n) is 7.26. The molecular weight excluding hydrogens is 689 g/mol. The minimum Gasteiger partial charge on any atom is -0.436 e. The molecule has 0 N–H and O–H groups in total. The molecule has 4 aromatic heterocycles. The standard InChI is InChI=1S/C46H26N4OS2/c1-2-10-28(11-3-1)43-48-44(29-22-20-27(21-23-29)31-13-8-14-33-32-12-4-7-18-38(32)53-42(31)33)50-45(49-43)34-15-9-19-40-41(34)35-26-30(24-25-39(35)52-40)46-47-36-16-5-6-17-37(36)51-46/h1-26H. The molecule has 0 atom stereocenters. The Balaban J connectivity index is 1.06. The third-order valence-electron chi connectivity index (χ3n) is 9.80. The van der Waals surface area contributed by atoms with Crippen LogP contribution in [-0.2, 0) is 0 Å². The molecule has 0 aliphatic heterocycles. The van der Waals surface area contributed by atoms with Crippen LogP contribution in [0.25, 0.3) is 108 Å². The quantitative estimate of drug-likeness (QED) is 0.178. The summed E-state index contributed by atoms with van der Waals surface area (Å²) in [7, 11) is 0. The lowest BCUT2D eigenvalue weighted by Gasteiger charge is -2.10. The third kappa shape index (κ3) is 5.04. The fourth-order valence-corrected chi connectivity index (χ4v) is 9.61. The van der Waals surface area contributed by atoms with E-state index in [1.54, 1.807) is 11.3 Å². The summed E-state index contributed by atoms with van der Waals surface area (Å²) in [6.07, 6.45) is 0. The molecule has 5 nitrogen and oxygen atoms in total. The number of nitrogens with zero attached hydrogens (tertiary/aromatic N) is 4. The largest absolute Gasteiger partial charge is 0.436 e. The molecule has 53 heavy (non-hydrogen) atoms. The summed E-state index contributed by atoms with van der Waals surface area (Å²) in [5.74, 6) is 2.49. The lowest BCUT2D eigenvalue weighted by atomic mass is 10.0. The number of rotatable bonds is 5. The molecule has 4 heterocycles. The van der Waals surface area contributed by atoms with Crippen LogP contribution in [0, 0.1) is 0 Å². The zero-order valence-corrected chi connectivity index (χ0v) is 29.7. The van der Waals surface area contributed by atoms with Crippen LogP contribution >= 0.6 is 22.7 Å². The molecule has 0 unspecified atom stereocenters. The van der Waals surface area contributed by atoms with E-state index >= 15 is 0 Å². The van der Waals surface area contributed by atoms with Gasteiger partial charge >= 0.3 is 0 Å². The van der Waals surface area contributed by atoms with Gasteiger partial charge in [0.15, 0.2) is 23.1 Å². The molecule has 11 aromatic rings. The summed E-state index contributed by atoms with van der Waals surface area (Å²) < 4.78 is 11.1. The molecule has 7 heteroatoms. The molecule has 0 saturated carbocycles. The van der Waals surface area contributed by atoms with Crippen LogP contribution in [0.5, 0.6) is 0 Å². The van der Waals surface area contributed by atoms with Crippen LogP contribution in [0.15, 0.2) is 162 Å². The number of benzene rings is 7. The van der Waals surface area contributed by atoms with Gasteiger partial charge in [-0.2, -0.15) is 0 Å². The Labute approximate surface area is 311 Å². The predicted octanol–water partition coefficient (Wildman–Crippen LogP) is 13.1. The van der Waals surface area contributed by atoms with Crippen LogP contribution in [0.2, 0.25) is 0 Å². The average Bonchev–Trinajstić information content (AvgIpc) is 3.94.